The van der Waals surface area contributed by atoms with Gasteiger partial charge in [-0.1, -0.05) is 53.6 Å². The van der Waals surface area contributed by atoms with Crippen LogP contribution in [0, 0.1) is 6.92 Å². The molecule has 0 saturated carbocycles. The van der Waals surface area contributed by atoms with Crippen molar-refractivity contribution in [1.82, 2.24) is 10.6 Å². The van der Waals surface area contributed by atoms with E-state index >= 15 is 0 Å². The molecule has 0 aromatic heterocycles. The van der Waals surface area contributed by atoms with Gasteiger partial charge in [-0.15, -0.1) is 0 Å². The SMILES string of the molecule is CC1=C(C(=O)OCc2ccc(C)cc2)[C@@H](c2cccc(Cl)c2)NC(=O)N1. The van der Waals surface area contributed by atoms with E-state index in [1.165, 1.54) is 0 Å². The molecule has 0 saturated heterocycles. The number of halogens is 1. The summed E-state index contributed by atoms with van der Waals surface area (Å²) in [7, 11) is 0. The summed E-state index contributed by atoms with van der Waals surface area (Å²) >= 11 is 6.06. The van der Waals surface area contributed by atoms with E-state index in [0.717, 1.165) is 11.1 Å². The zero-order chi connectivity index (χ0) is 18.7. The van der Waals surface area contributed by atoms with Crippen LogP contribution < -0.4 is 10.6 Å². The highest BCUT2D eigenvalue weighted by Gasteiger charge is 2.32. The van der Waals surface area contributed by atoms with Gasteiger partial charge in [-0.2, -0.15) is 0 Å². The number of amides is 2. The van der Waals surface area contributed by atoms with Gasteiger partial charge in [0.2, 0.25) is 0 Å². The van der Waals surface area contributed by atoms with Gasteiger partial charge in [0.05, 0.1) is 11.6 Å². The molecule has 0 spiro atoms. The smallest absolute Gasteiger partial charge is 0.338 e. The Morgan fingerprint density at radius 3 is 2.58 bits per heavy atom. The molecule has 2 amide bonds. The maximum atomic E-state index is 12.7. The van der Waals surface area contributed by atoms with Gasteiger partial charge in [-0.3, -0.25) is 0 Å². The lowest BCUT2D eigenvalue weighted by Gasteiger charge is -2.28. The minimum absolute atomic E-state index is 0.159. The number of nitrogens with one attached hydrogen (secondary N) is 2. The lowest BCUT2D eigenvalue weighted by Crippen LogP contribution is -2.45. The molecule has 0 unspecified atom stereocenters. The van der Waals surface area contributed by atoms with Gasteiger partial charge in [0.1, 0.15) is 6.61 Å². The quantitative estimate of drug-likeness (QED) is 0.799. The largest absolute Gasteiger partial charge is 0.457 e. The zero-order valence-electron chi connectivity index (χ0n) is 14.5. The number of allylic oxidation sites excluding steroid dienone is 1. The second-order valence-electron chi connectivity index (χ2n) is 6.19. The third-order valence-corrected chi connectivity index (χ3v) is 4.40. The lowest BCUT2D eigenvalue weighted by atomic mass is 9.95. The summed E-state index contributed by atoms with van der Waals surface area (Å²) < 4.78 is 5.47. The maximum Gasteiger partial charge on any atom is 0.338 e. The Morgan fingerprint density at radius 2 is 1.88 bits per heavy atom. The van der Waals surface area contributed by atoms with Crippen LogP contribution in [0.1, 0.15) is 29.7 Å². The molecule has 1 heterocycles. The molecule has 1 aliphatic rings. The zero-order valence-corrected chi connectivity index (χ0v) is 15.3. The van der Waals surface area contributed by atoms with E-state index < -0.39 is 12.0 Å². The number of esters is 1. The molecule has 0 fully saturated rings. The van der Waals surface area contributed by atoms with E-state index in [1.807, 2.05) is 37.3 Å². The van der Waals surface area contributed by atoms with E-state index in [4.69, 9.17) is 16.3 Å². The Hall–Kier alpha value is -2.79. The number of urea groups is 1. The first-order chi connectivity index (χ1) is 12.4. The van der Waals surface area contributed by atoms with Gasteiger partial charge in [0, 0.05) is 10.7 Å². The van der Waals surface area contributed by atoms with Crippen molar-refractivity contribution in [2.75, 3.05) is 0 Å². The number of benzene rings is 2. The molecule has 1 aliphatic heterocycles. The number of hydrogen-bond acceptors (Lipinski definition) is 3. The number of rotatable bonds is 4. The summed E-state index contributed by atoms with van der Waals surface area (Å²) in [5.74, 6) is -0.486. The Morgan fingerprint density at radius 1 is 1.15 bits per heavy atom. The van der Waals surface area contributed by atoms with Gasteiger partial charge in [0.25, 0.3) is 0 Å². The molecule has 0 radical (unpaired) electrons. The highest BCUT2D eigenvalue weighted by molar-refractivity contribution is 6.30. The topological polar surface area (TPSA) is 67.4 Å². The molecule has 5 nitrogen and oxygen atoms in total. The van der Waals surface area contributed by atoms with E-state index in [-0.39, 0.29) is 12.6 Å². The van der Waals surface area contributed by atoms with Crippen LogP contribution in [0.15, 0.2) is 59.8 Å². The predicted molar refractivity (Wildman–Crippen MR) is 99.5 cm³/mol. The Bertz CT molecular complexity index is 875. The third kappa shape index (κ3) is 4.06. The summed E-state index contributed by atoms with van der Waals surface area (Å²) in [6.45, 7) is 3.83. The average molecular weight is 371 g/mol. The minimum Gasteiger partial charge on any atom is -0.457 e. The Labute approximate surface area is 157 Å². The predicted octanol–water partition coefficient (Wildman–Crippen LogP) is 4.02. The monoisotopic (exact) mass is 370 g/mol. The number of carbonyl (C=O) groups excluding carboxylic acids is 2. The minimum atomic E-state index is -0.618. The van der Waals surface area contributed by atoms with Crippen molar-refractivity contribution in [3.63, 3.8) is 0 Å². The number of ether oxygens (including phenoxy) is 1. The molecule has 3 rings (SSSR count). The van der Waals surface area contributed by atoms with E-state index in [9.17, 15) is 9.59 Å². The standard InChI is InChI=1S/C20H19ClN2O3/c1-12-6-8-14(9-7-12)11-26-19(24)17-13(2)22-20(25)23-18(17)15-4-3-5-16(21)10-15/h3-10,18H,11H2,1-2H3,(H2,22,23,25)/t18-/m1/s1. The van der Waals surface area contributed by atoms with Gasteiger partial charge in [-0.25, -0.2) is 9.59 Å². The van der Waals surface area contributed by atoms with Gasteiger partial charge in [0.15, 0.2) is 0 Å². The fraction of sp³-hybridized carbons (Fsp3) is 0.200. The van der Waals surface area contributed by atoms with Crippen LogP contribution in [0.3, 0.4) is 0 Å². The van der Waals surface area contributed by atoms with E-state index in [0.29, 0.717) is 21.9 Å². The summed E-state index contributed by atoms with van der Waals surface area (Å²) in [5.41, 5.74) is 3.58. The van der Waals surface area contributed by atoms with E-state index in [1.54, 1.807) is 25.1 Å². The summed E-state index contributed by atoms with van der Waals surface area (Å²) in [6, 6.07) is 13.8. The van der Waals surface area contributed by atoms with Crippen LogP contribution in [0.25, 0.3) is 0 Å². The first-order valence-corrected chi connectivity index (χ1v) is 8.58. The molecule has 1 atom stereocenters. The molecule has 2 aromatic carbocycles. The van der Waals surface area contributed by atoms with Crippen molar-refractivity contribution < 1.29 is 14.3 Å². The second kappa shape index (κ2) is 7.62. The fourth-order valence-electron chi connectivity index (χ4n) is 2.81. The highest BCUT2D eigenvalue weighted by Crippen LogP contribution is 2.29. The van der Waals surface area contributed by atoms with Crippen LogP contribution in [0.5, 0.6) is 0 Å². The first kappa shape index (κ1) is 18.0. The van der Waals surface area contributed by atoms with Crippen molar-refractivity contribution in [3.8, 4) is 0 Å². The number of carbonyl (C=O) groups is 2. The van der Waals surface area contributed by atoms with Crippen molar-refractivity contribution in [3.05, 3.63) is 81.5 Å². The van der Waals surface area contributed by atoms with E-state index in [2.05, 4.69) is 10.6 Å². The molecular weight excluding hydrogens is 352 g/mol. The van der Waals surface area contributed by atoms with Crippen molar-refractivity contribution in [2.45, 2.75) is 26.5 Å². The molecule has 0 aliphatic carbocycles. The molecule has 0 bridgehead atoms. The first-order valence-electron chi connectivity index (χ1n) is 8.20. The van der Waals surface area contributed by atoms with Crippen LogP contribution in [0.2, 0.25) is 5.02 Å². The maximum absolute atomic E-state index is 12.7. The van der Waals surface area contributed by atoms with Gasteiger partial charge in [-0.05, 0) is 37.1 Å². The lowest BCUT2D eigenvalue weighted by molar-refractivity contribution is -0.140. The molecule has 26 heavy (non-hydrogen) atoms. The Balaban J connectivity index is 1.83. The van der Waals surface area contributed by atoms with Crippen LogP contribution in [-0.2, 0) is 16.1 Å². The van der Waals surface area contributed by atoms with Crippen molar-refractivity contribution in [1.29, 1.82) is 0 Å². The third-order valence-electron chi connectivity index (χ3n) is 4.16. The van der Waals surface area contributed by atoms with Crippen molar-refractivity contribution >= 4 is 23.6 Å². The molecule has 6 heteroatoms. The molecule has 2 N–H and O–H groups in total. The molecule has 2 aromatic rings. The normalized spacial score (nSPS) is 16.7. The highest BCUT2D eigenvalue weighted by atomic mass is 35.5. The number of aryl methyl sites for hydroxylation is 1. The summed E-state index contributed by atoms with van der Waals surface area (Å²) in [4.78, 5) is 24.6. The van der Waals surface area contributed by atoms with Crippen LogP contribution in [-0.4, -0.2) is 12.0 Å². The molecular formula is C20H19ClN2O3. The number of hydrogen-bond donors (Lipinski definition) is 2. The molecule has 134 valence electrons. The summed E-state index contributed by atoms with van der Waals surface area (Å²) in [5, 5.41) is 5.91. The second-order valence-corrected chi connectivity index (χ2v) is 6.62. The Kier molecular flexibility index (Phi) is 5.28. The fourth-order valence-corrected chi connectivity index (χ4v) is 3.01. The van der Waals surface area contributed by atoms with Gasteiger partial charge < -0.3 is 15.4 Å². The van der Waals surface area contributed by atoms with Crippen LogP contribution in [0.4, 0.5) is 4.79 Å². The van der Waals surface area contributed by atoms with Crippen LogP contribution >= 0.6 is 11.6 Å². The van der Waals surface area contributed by atoms with Gasteiger partial charge >= 0.3 is 12.0 Å². The summed E-state index contributed by atoms with van der Waals surface area (Å²) in [6.07, 6.45) is 0. The average Bonchev–Trinajstić information content (AvgIpc) is 2.60. The van der Waals surface area contributed by atoms with Crippen molar-refractivity contribution in [2.24, 2.45) is 0 Å².